The molecule has 1 unspecified atom stereocenters. The van der Waals surface area contributed by atoms with Gasteiger partial charge in [-0.3, -0.25) is 0 Å². The first-order valence-electron chi connectivity index (χ1n) is 6.82. The van der Waals surface area contributed by atoms with E-state index in [0.717, 1.165) is 10.3 Å². The fraction of sp³-hybridized carbons (Fsp3) is 0.615. The quantitative estimate of drug-likeness (QED) is 0.716. The minimum Gasteiger partial charge on any atom is -0.354 e. The molecule has 5 nitrogen and oxygen atoms in total. The van der Waals surface area contributed by atoms with Crippen LogP contribution in [0.15, 0.2) is 22.8 Å². The number of aromatic nitrogens is 1. The first-order chi connectivity index (χ1) is 9.92. The summed E-state index contributed by atoms with van der Waals surface area (Å²) >= 11 is 9.07. The van der Waals surface area contributed by atoms with Crippen molar-refractivity contribution >= 4 is 43.4 Å². The van der Waals surface area contributed by atoms with Crippen molar-refractivity contribution in [3.63, 3.8) is 0 Å². The van der Waals surface area contributed by atoms with E-state index in [0.29, 0.717) is 32.1 Å². The monoisotopic (exact) mass is 395 g/mol. The normalized spacial score (nSPS) is 18.7. The van der Waals surface area contributed by atoms with E-state index in [1.807, 2.05) is 19.1 Å². The van der Waals surface area contributed by atoms with Gasteiger partial charge < -0.3 is 4.90 Å². The molecule has 2 rings (SSSR count). The predicted octanol–water partition coefficient (Wildman–Crippen LogP) is 2.17. The maximum absolute atomic E-state index is 12.3. The molecule has 0 aromatic carbocycles. The lowest BCUT2D eigenvalue weighted by Gasteiger charge is -2.35. The zero-order chi connectivity index (χ0) is 15.5. The van der Waals surface area contributed by atoms with E-state index >= 15 is 0 Å². The van der Waals surface area contributed by atoms with Crippen LogP contribution in [0.4, 0.5) is 5.82 Å². The topological polar surface area (TPSA) is 53.5 Å². The minimum atomic E-state index is -3.21. The van der Waals surface area contributed by atoms with Gasteiger partial charge in [-0.15, -0.1) is 11.6 Å². The number of rotatable bonds is 5. The van der Waals surface area contributed by atoms with Crippen LogP contribution in [-0.4, -0.2) is 55.5 Å². The van der Waals surface area contributed by atoms with Crippen LogP contribution in [0.2, 0.25) is 0 Å². The molecule has 0 amide bonds. The standard InChI is InChI=1S/C13H19BrClN3O2S/c1-11(8-15)10-21(19,20)18-6-4-17(5-7-18)13-3-2-12(14)9-16-13/h2-3,9,11H,4-8,10H2,1H3. The highest BCUT2D eigenvalue weighted by Crippen LogP contribution is 2.18. The van der Waals surface area contributed by atoms with Gasteiger partial charge in [0.25, 0.3) is 0 Å². The summed E-state index contributed by atoms with van der Waals surface area (Å²) in [5.74, 6) is 1.34. The molecule has 118 valence electrons. The Kier molecular flexibility index (Phi) is 5.88. The van der Waals surface area contributed by atoms with Crippen LogP contribution in [0.1, 0.15) is 6.92 Å². The van der Waals surface area contributed by atoms with E-state index in [4.69, 9.17) is 11.6 Å². The molecule has 0 spiro atoms. The first kappa shape index (κ1) is 17.0. The second-order valence-electron chi connectivity index (χ2n) is 5.26. The lowest BCUT2D eigenvalue weighted by Crippen LogP contribution is -2.50. The molecule has 1 aliphatic rings. The molecule has 1 fully saturated rings. The van der Waals surface area contributed by atoms with Crippen molar-refractivity contribution in [2.75, 3.05) is 42.7 Å². The third kappa shape index (κ3) is 4.55. The number of hydrogen-bond donors (Lipinski definition) is 0. The highest BCUT2D eigenvalue weighted by molar-refractivity contribution is 9.10. The van der Waals surface area contributed by atoms with Gasteiger partial charge in [-0.2, -0.15) is 4.31 Å². The van der Waals surface area contributed by atoms with Crippen molar-refractivity contribution in [1.29, 1.82) is 0 Å². The van der Waals surface area contributed by atoms with E-state index in [1.165, 1.54) is 0 Å². The number of hydrogen-bond acceptors (Lipinski definition) is 4. The average Bonchev–Trinajstić information content (AvgIpc) is 2.47. The number of alkyl halides is 1. The Morgan fingerprint density at radius 2 is 2.00 bits per heavy atom. The zero-order valence-corrected chi connectivity index (χ0v) is 15.0. The Balaban J connectivity index is 1.95. The summed E-state index contributed by atoms with van der Waals surface area (Å²) in [5, 5.41) is 0. The van der Waals surface area contributed by atoms with Crippen molar-refractivity contribution in [3.05, 3.63) is 22.8 Å². The van der Waals surface area contributed by atoms with Crippen LogP contribution in [0.25, 0.3) is 0 Å². The molecule has 0 N–H and O–H groups in total. The number of anilines is 1. The molecule has 1 saturated heterocycles. The number of halogens is 2. The fourth-order valence-corrected chi connectivity index (χ4v) is 4.50. The van der Waals surface area contributed by atoms with Gasteiger partial charge in [-0.1, -0.05) is 6.92 Å². The van der Waals surface area contributed by atoms with Crippen molar-refractivity contribution in [2.24, 2.45) is 5.92 Å². The summed E-state index contributed by atoms with van der Waals surface area (Å²) in [7, 11) is -3.21. The summed E-state index contributed by atoms with van der Waals surface area (Å²) in [6, 6.07) is 3.87. The first-order valence-corrected chi connectivity index (χ1v) is 9.76. The molecule has 1 atom stereocenters. The largest absolute Gasteiger partial charge is 0.354 e. The molecule has 1 aromatic rings. The molecular weight excluding hydrogens is 378 g/mol. The lowest BCUT2D eigenvalue weighted by molar-refractivity contribution is 0.381. The Morgan fingerprint density at radius 1 is 1.33 bits per heavy atom. The lowest BCUT2D eigenvalue weighted by atomic mass is 10.3. The summed E-state index contributed by atoms with van der Waals surface area (Å²) in [4.78, 5) is 6.45. The van der Waals surface area contributed by atoms with Crippen LogP contribution in [0, 0.1) is 5.92 Å². The van der Waals surface area contributed by atoms with Gasteiger partial charge in [0, 0.05) is 42.7 Å². The zero-order valence-electron chi connectivity index (χ0n) is 11.9. The molecule has 1 aliphatic heterocycles. The SMILES string of the molecule is CC(CCl)CS(=O)(=O)N1CCN(c2ccc(Br)cn2)CC1. The fourth-order valence-electron chi connectivity index (χ4n) is 2.26. The number of piperazine rings is 1. The third-order valence-corrected chi connectivity index (χ3v) is 6.56. The van der Waals surface area contributed by atoms with Gasteiger partial charge in [0.05, 0.1) is 5.75 Å². The second-order valence-corrected chi connectivity index (χ2v) is 8.50. The van der Waals surface area contributed by atoms with Crippen molar-refractivity contribution < 1.29 is 8.42 Å². The summed E-state index contributed by atoms with van der Waals surface area (Å²) in [6.45, 7) is 4.16. The van der Waals surface area contributed by atoms with E-state index in [-0.39, 0.29) is 11.7 Å². The minimum absolute atomic E-state index is 0.0252. The van der Waals surface area contributed by atoms with Gasteiger partial charge in [0.2, 0.25) is 10.0 Å². The van der Waals surface area contributed by atoms with Crippen molar-refractivity contribution in [2.45, 2.75) is 6.92 Å². The van der Waals surface area contributed by atoms with Gasteiger partial charge in [-0.25, -0.2) is 13.4 Å². The Hall–Kier alpha value is -0.370. The molecule has 1 aromatic heterocycles. The molecule has 2 heterocycles. The number of nitrogens with zero attached hydrogens (tertiary/aromatic N) is 3. The van der Waals surface area contributed by atoms with Gasteiger partial charge in [0.15, 0.2) is 0 Å². The molecule has 0 radical (unpaired) electrons. The molecule has 21 heavy (non-hydrogen) atoms. The molecule has 0 bridgehead atoms. The van der Waals surface area contributed by atoms with Crippen molar-refractivity contribution in [1.82, 2.24) is 9.29 Å². The summed E-state index contributed by atoms with van der Waals surface area (Å²) in [5.41, 5.74) is 0. The van der Waals surface area contributed by atoms with Crippen molar-refractivity contribution in [3.8, 4) is 0 Å². The van der Waals surface area contributed by atoms with Crippen LogP contribution < -0.4 is 4.90 Å². The van der Waals surface area contributed by atoms with E-state index < -0.39 is 10.0 Å². The molecule has 0 aliphatic carbocycles. The smallest absolute Gasteiger partial charge is 0.214 e. The Labute approximate surface area is 139 Å². The van der Waals surface area contributed by atoms with Crippen LogP contribution in [0.5, 0.6) is 0 Å². The average molecular weight is 397 g/mol. The maximum Gasteiger partial charge on any atom is 0.214 e. The predicted molar refractivity (Wildman–Crippen MR) is 89.4 cm³/mol. The van der Waals surface area contributed by atoms with Gasteiger partial charge >= 0.3 is 0 Å². The van der Waals surface area contributed by atoms with Crippen LogP contribution >= 0.6 is 27.5 Å². The molecule has 8 heteroatoms. The van der Waals surface area contributed by atoms with Crippen LogP contribution in [-0.2, 0) is 10.0 Å². The molecular formula is C13H19BrClN3O2S. The second kappa shape index (κ2) is 7.26. The number of pyridine rings is 1. The van der Waals surface area contributed by atoms with E-state index in [2.05, 4.69) is 25.8 Å². The highest BCUT2D eigenvalue weighted by atomic mass is 79.9. The van der Waals surface area contributed by atoms with E-state index in [1.54, 1.807) is 10.5 Å². The third-order valence-electron chi connectivity index (χ3n) is 3.43. The van der Waals surface area contributed by atoms with E-state index in [9.17, 15) is 8.42 Å². The van der Waals surface area contributed by atoms with Crippen LogP contribution in [0.3, 0.4) is 0 Å². The maximum atomic E-state index is 12.3. The summed E-state index contributed by atoms with van der Waals surface area (Å²) in [6.07, 6.45) is 1.75. The summed E-state index contributed by atoms with van der Waals surface area (Å²) < 4.78 is 27.0. The number of sulfonamides is 1. The highest BCUT2D eigenvalue weighted by Gasteiger charge is 2.28. The van der Waals surface area contributed by atoms with Gasteiger partial charge in [0.1, 0.15) is 5.82 Å². The molecule has 0 saturated carbocycles. The Bertz CT molecular complexity index is 559. The van der Waals surface area contributed by atoms with Gasteiger partial charge in [-0.05, 0) is 34.0 Å². The Morgan fingerprint density at radius 3 is 2.52 bits per heavy atom.